The molecule has 1 N–H and O–H groups in total. The zero-order valence-electron chi connectivity index (χ0n) is 14.9. The van der Waals surface area contributed by atoms with Gasteiger partial charge in [0.15, 0.2) is 0 Å². The van der Waals surface area contributed by atoms with Gasteiger partial charge in [-0.15, -0.1) is 0 Å². The maximum atomic E-state index is 12.1. The molecule has 0 radical (unpaired) electrons. The Labute approximate surface area is 157 Å². The summed E-state index contributed by atoms with van der Waals surface area (Å²) in [6, 6.07) is 11.7. The van der Waals surface area contributed by atoms with Crippen molar-refractivity contribution in [3.05, 3.63) is 68.7 Å². The quantitative estimate of drug-likeness (QED) is 0.461. The highest BCUT2D eigenvalue weighted by molar-refractivity contribution is 6.31. The molecular weight excluding hydrogens is 356 g/mol. The van der Waals surface area contributed by atoms with Gasteiger partial charge in [0.1, 0.15) is 17.9 Å². The van der Waals surface area contributed by atoms with Gasteiger partial charge in [0.2, 0.25) is 0 Å². The topological polar surface area (TPSA) is 81.5 Å². The number of ether oxygens (including phenoxy) is 1. The van der Waals surface area contributed by atoms with Crippen molar-refractivity contribution in [1.29, 1.82) is 0 Å². The highest BCUT2D eigenvalue weighted by Crippen LogP contribution is 2.24. The Morgan fingerprint density at radius 3 is 2.42 bits per heavy atom. The van der Waals surface area contributed by atoms with Crippen molar-refractivity contribution < 1.29 is 14.5 Å². The predicted octanol–water partition coefficient (Wildman–Crippen LogP) is 4.35. The Morgan fingerprint density at radius 2 is 1.85 bits per heavy atom. The van der Waals surface area contributed by atoms with E-state index in [1.165, 1.54) is 17.7 Å². The Hall–Kier alpha value is -2.60. The molecule has 138 valence electrons. The summed E-state index contributed by atoms with van der Waals surface area (Å²) in [6.07, 6.45) is 0. The van der Waals surface area contributed by atoms with E-state index in [0.717, 1.165) is 6.07 Å². The minimum atomic E-state index is -0.631. The first-order valence-corrected chi connectivity index (χ1v) is 8.52. The van der Waals surface area contributed by atoms with E-state index in [1.54, 1.807) is 0 Å². The van der Waals surface area contributed by atoms with E-state index in [2.05, 4.69) is 26.1 Å². The molecule has 2 rings (SSSR count). The maximum absolute atomic E-state index is 12.1. The third-order valence-electron chi connectivity index (χ3n) is 3.78. The molecule has 0 aliphatic rings. The van der Waals surface area contributed by atoms with E-state index in [4.69, 9.17) is 16.3 Å². The number of hydrogen-bond donors (Lipinski definition) is 1. The first kappa shape index (κ1) is 19.7. The normalized spacial score (nSPS) is 11.1. The van der Waals surface area contributed by atoms with E-state index >= 15 is 0 Å². The highest BCUT2D eigenvalue weighted by atomic mass is 35.5. The lowest BCUT2D eigenvalue weighted by molar-refractivity contribution is -0.385. The molecule has 0 aromatic heterocycles. The third kappa shape index (κ3) is 5.20. The van der Waals surface area contributed by atoms with Gasteiger partial charge in [-0.05, 0) is 35.2 Å². The summed E-state index contributed by atoms with van der Waals surface area (Å²) < 4.78 is 5.59. The van der Waals surface area contributed by atoms with Gasteiger partial charge in [-0.25, -0.2) is 0 Å². The van der Waals surface area contributed by atoms with Gasteiger partial charge in [0.05, 0.1) is 11.5 Å². The average Bonchev–Trinajstić information content (AvgIpc) is 2.58. The Morgan fingerprint density at radius 1 is 1.19 bits per heavy atom. The molecule has 6 nitrogen and oxygen atoms in total. The number of nitrogens with zero attached hydrogens (tertiary/aromatic N) is 1. The van der Waals surface area contributed by atoms with Crippen LogP contribution in [0.25, 0.3) is 0 Å². The number of carbonyl (C=O) groups is 1. The van der Waals surface area contributed by atoms with Crippen LogP contribution in [0.5, 0.6) is 5.75 Å². The second-order valence-electron chi connectivity index (χ2n) is 6.80. The molecule has 0 fully saturated rings. The van der Waals surface area contributed by atoms with Crippen molar-refractivity contribution in [2.45, 2.75) is 26.2 Å². The molecule has 7 heteroatoms. The number of halogens is 1. The van der Waals surface area contributed by atoms with Crippen LogP contribution in [0.2, 0.25) is 5.02 Å². The molecule has 2 aromatic rings. The van der Waals surface area contributed by atoms with Gasteiger partial charge in [-0.1, -0.05) is 44.5 Å². The number of rotatable bonds is 6. The van der Waals surface area contributed by atoms with Gasteiger partial charge >= 0.3 is 0 Å². The molecule has 0 heterocycles. The van der Waals surface area contributed by atoms with E-state index < -0.39 is 10.8 Å². The number of carbonyl (C=O) groups excluding carboxylic acids is 1. The van der Waals surface area contributed by atoms with Crippen LogP contribution in [0.4, 0.5) is 5.69 Å². The van der Waals surface area contributed by atoms with Gasteiger partial charge in [-0.3, -0.25) is 14.9 Å². The molecule has 26 heavy (non-hydrogen) atoms. The van der Waals surface area contributed by atoms with Crippen LogP contribution in [0.1, 0.15) is 36.7 Å². The minimum Gasteiger partial charge on any atom is -0.492 e. The van der Waals surface area contributed by atoms with Crippen molar-refractivity contribution in [2.24, 2.45) is 0 Å². The lowest BCUT2D eigenvalue weighted by Crippen LogP contribution is -2.28. The molecule has 0 saturated carbocycles. The molecule has 0 bridgehead atoms. The number of hydrogen-bond acceptors (Lipinski definition) is 4. The molecule has 1 amide bonds. The second kappa shape index (κ2) is 8.19. The summed E-state index contributed by atoms with van der Waals surface area (Å²) in [5.41, 5.74) is 0.913. The summed E-state index contributed by atoms with van der Waals surface area (Å²) >= 11 is 5.74. The summed E-state index contributed by atoms with van der Waals surface area (Å²) in [6.45, 7) is 6.87. The van der Waals surface area contributed by atoms with Crippen molar-refractivity contribution in [2.75, 3.05) is 13.2 Å². The van der Waals surface area contributed by atoms with E-state index in [1.807, 2.05) is 24.3 Å². The molecular formula is C19H21ClN2O4. The van der Waals surface area contributed by atoms with Crippen LogP contribution in [-0.4, -0.2) is 24.0 Å². The fourth-order valence-corrected chi connectivity index (χ4v) is 2.49. The molecule has 0 aliphatic carbocycles. The summed E-state index contributed by atoms with van der Waals surface area (Å²) in [5.74, 6) is 0.157. The highest BCUT2D eigenvalue weighted by Gasteiger charge is 2.20. The van der Waals surface area contributed by atoms with Crippen LogP contribution < -0.4 is 10.1 Å². The Balaban J connectivity index is 1.88. The zero-order chi connectivity index (χ0) is 19.3. The fraction of sp³-hybridized carbons (Fsp3) is 0.316. The molecule has 0 unspecified atom stereocenters. The van der Waals surface area contributed by atoms with Crippen LogP contribution in [0.15, 0.2) is 42.5 Å². The van der Waals surface area contributed by atoms with Gasteiger partial charge in [-0.2, -0.15) is 0 Å². The molecule has 0 spiro atoms. The van der Waals surface area contributed by atoms with Gasteiger partial charge in [0, 0.05) is 11.1 Å². The van der Waals surface area contributed by atoms with Crippen molar-refractivity contribution >= 4 is 23.2 Å². The number of nitro groups is 1. The van der Waals surface area contributed by atoms with Crippen LogP contribution in [0, 0.1) is 10.1 Å². The number of benzene rings is 2. The van der Waals surface area contributed by atoms with E-state index in [0.29, 0.717) is 5.75 Å². The first-order valence-electron chi connectivity index (χ1n) is 8.14. The lowest BCUT2D eigenvalue weighted by Gasteiger charge is -2.19. The standard InChI is InChI=1S/C19H21ClN2O4/c1-19(2,3)13-4-7-15(8-5-13)26-11-10-21-18(23)16-9-6-14(20)12-17(16)22(24)25/h4-9,12H,10-11H2,1-3H3,(H,21,23). The minimum absolute atomic E-state index is 0.0334. The molecule has 0 saturated heterocycles. The van der Waals surface area contributed by atoms with Gasteiger partial charge in [0.25, 0.3) is 11.6 Å². The Bertz CT molecular complexity index is 798. The zero-order valence-corrected chi connectivity index (χ0v) is 15.7. The molecule has 0 aliphatic heterocycles. The van der Waals surface area contributed by atoms with Crippen molar-refractivity contribution in [3.63, 3.8) is 0 Å². The molecule has 0 atom stereocenters. The third-order valence-corrected chi connectivity index (χ3v) is 4.01. The first-order chi connectivity index (χ1) is 12.2. The average molecular weight is 377 g/mol. The number of nitrogens with one attached hydrogen (secondary N) is 1. The van der Waals surface area contributed by atoms with Crippen LogP contribution >= 0.6 is 11.6 Å². The number of nitro benzene ring substituents is 1. The smallest absolute Gasteiger partial charge is 0.283 e. The SMILES string of the molecule is CC(C)(C)c1ccc(OCCNC(=O)c2ccc(Cl)cc2[N+](=O)[O-])cc1. The summed E-state index contributed by atoms with van der Waals surface area (Å²) in [4.78, 5) is 22.5. The van der Waals surface area contributed by atoms with E-state index in [9.17, 15) is 14.9 Å². The van der Waals surface area contributed by atoms with Gasteiger partial charge < -0.3 is 10.1 Å². The van der Waals surface area contributed by atoms with E-state index in [-0.39, 0.29) is 34.8 Å². The van der Waals surface area contributed by atoms with Crippen molar-refractivity contribution in [1.82, 2.24) is 5.32 Å². The molecule has 2 aromatic carbocycles. The van der Waals surface area contributed by atoms with Crippen LogP contribution in [0.3, 0.4) is 0 Å². The Kier molecular flexibility index (Phi) is 6.21. The lowest BCUT2D eigenvalue weighted by atomic mass is 9.87. The monoisotopic (exact) mass is 376 g/mol. The summed E-state index contributed by atoms with van der Waals surface area (Å²) in [5, 5.41) is 13.8. The van der Waals surface area contributed by atoms with Crippen LogP contribution in [-0.2, 0) is 5.41 Å². The predicted molar refractivity (Wildman–Crippen MR) is 101 cm³/mol. The largest absolute Gasteiger partial charge is 0.492 e. The fourth-order valence-electron chi connectivity index (χ4n) is 2.33. The maximum Gasteiger partial charge on any atom is 0.283 e. The van der Waals surface area contributed by atoms with Crippen molar-refractivity contribution in [3.8, 4) is 5.75 Å². The summed E-state index contributed by atoms with van der Waals surface area (Å²) in [7, 11) is 0. The second-order valence-corrected chi connectivity index (χ2v) is 7.23. The number of amides is 1.